The van der Waals surface area contributed by atoms with E-state index in [0.717, 1.165) is 28.5 Å². The van der Waals surface area contributed by atoms with E-state index < -0.39 is 0 Å². The van der Waals surface area contributed by atoms with Gasteiger partial charge < -0.3 is 0 Å². The minimum absolute atomic E-state index is 0.0863. The Labute approximate surface area is 146 Å². The molecule has 0 bridgehead atoms. The Kier molecular flexibility index (Phi) is 3.53. The molecule has 1 aliphatic carbocycles. The van der Waals surface area contributed by atoms with Crippen molar-refractivity contribution in [2.45, 2.75) is 27.2 Å². The smallest absolute Gasteiger partial charge is 0.212 e. The summed E-state index contributed by atoms with van der Waals surface area (Å²) in [7, 11) is 0. The van der Waals surface area contributed by atoms with E-state index >= 15 is 0 Å². The Balaban J connectivity index is 2.11. The summed E-state index contributed by atoms with van der Waals surface area (Å²) in [5.74, 6) is 0.129. The van der Waals surface area contributed by atoms with Crippen molar-refractivity contribution in [2.24, 2.45) is 5.92 Å². The normalized spacial score (nSPS) is 13.3. The van der Waals surface area contributed by atoms with Crippen molar-refractivity contribution in [3.05, 3.63) is 76.0 Å². The molecule has 3 heteroatoms. The zero-order valence-corrected chi connectivity index (χ0v) is 14.6. The summed E-state index contributed by atoms with van der Waals surface area (Å²) in [6, 6.07) is 13.0. The van der Waals surface area contributed by atoms with Crippen LogP contribution in [0.5, 0.6) is 0 Å². The monoisotopic (exact) mass is 329 g/mol. The zero-order valence-electron chi connectivity index (χ0n) is 14.6. The topological polar surface area (TPSA) is 47.0 Å². The highest BCUT2D eigenvalue weighted by atomic mass is 16.1. The van der Waals surface area contributed by atoms with Crippen LogP contribution in [0, 0.1) is 12.8 Å². The Morgan fingerprint density at radius 2 is 1.64 bits per heavy atom. The molecular weight excluding hydrogens is 310 g/mol. The molecule has 0 radical (unpaired) electrons. The summed E-state index contributed by atoms with van der Waals surface area (Å²) >= 11 is 0. The Hall–Kier alpha value is -2.81. The van der Waals surface area contributed by atoms with Gasteiger partial charge in [-0.2, -0.15) is 0 Å². The number of pyridine rings is 1. The van der Waals surface area contributed by atoms with Crippen molar-refractivity contribution in [3.8, 4) is 0 Å². The van der Waals surface area contributed by atoms with Crippen molar-refractivity contribution >= 4 is 22.5 Å². The SMILES string of the molecule is Cc1ccc2nc3c(c(CC(C)C)c2c1)C(=O)c1ccccc1C3=O. The summed E-state index contributed by atoms with van der Waals surface area (Å²) in [4.78, 5) is 30.8. The lowest BCUT2D eigenvalue weighted by atomic mass is 9.81. The molecule has 3 aromatic rings. The van der Waals surface area contributed by atoms with Crippen LogP contribution in [0.4, 0.5) is 0 Å². The minimum Gasteiger partial charge on any atom is -0.288 e. The van der Waals surface area contributed by atoms with Crippen molar-refractivity contribution in [1.82, 2.24) is 4.98 Å². The number of hydrogen-bond acceptors (Lipinski definition) is 3. The van der Waals surface area contributed by atoms with Crippen LogP contribution in [0.1, 0.15) is 56.9 Å². The average Bonchev–Trinajstić information content (AvgIpc) is 2.59. The Morgan fingerprint density at radius 3 is 2.32 bits per heavy atom. The highest BCUT2D eigenvalue weighted by molar-refractivity contribution is 6.29. The standard InChI is InChI=1S/C22H19NO2/c1-12(2)10-17-16-11-13(3)8-9-18(16)23-20-19(17)21(24)14-6-4-5-7-15(14)22(20)25/h4-9,11-12H,10H2,1-3H3. The molecule has 0 unspecified atom stereocenters. The van der Waals surface area contributed by atoms with Crippen LogP contribution in [-0.2, 0) is 6.42 Å². The fraction of sp³-hybridized carbons (Fsp3) is 0.227. The van der Waals surface area contributed by atoms with Crippen LogP contribution < -0.4 is 0 Å². The molecule has 0 saturated carbocycles. The molecule has 0 N–H and O–H groups in total. The van der Waals surface area contributed by atoms with E-state index in [9.17, 15) is 9.59 Å². The first-order chi connectivity index (χ1) is 12.0. The van der Waals surface area contributed by atoms with E-state index in [1.165, 1.54) is 0 Å². The Morgan fingerprint density at radius 1 is 0.960 bits per heavy atom. The maximum Gasteiger partial charge on any atom is 0.212 e. The van der Waals surface area contributed by atoms with Crippen molar-refractivity contribution in [2.75, 3.05) is 0 Å². The second-order valence-corrected chi connectivity index (χ2v) is 7.14. The molecule has 0 amide bonds. The quantitative estimate of drug-likeness (QED) is 0.543. The summed E-state index contributed by atoms with van der Waals surface area (Å²) in [6.07, 6.45) is 0.742. The van der Waals surface area contributed by atoms with Gasteiger partial charge in [-0.25, -0.2) is 4.98 Å². The number of nitrogens with zero attached hydrogens (tertiary/aromatic N) is 1. The van der Waals surface area contributed by atoms with Gasteiger partial charge in [0.1, 0.15) is 5.69 Å². The first kappa shape index (κ1) is 15.7. The van der Waals surface area contributed by atoms with E-state index in [2.05, 4.69) is 24.9 Å². The summed E-state index contributed by atoms with van der Waals surface area (Å²) < 4.78 is 0. The van der Waals surface area contributed by atoms with E-state index in [1.54, 1.807) is 24.3 Å². The van der Waals surface area contributed by atoms with Gasteiger partial charge in [-0.05, 0) is 37.0 Å². The molecule has 1 heterocycles. The molecule has 3 nitrogen and oxygen atoms in total. The van der Waals surface area contributed by atoms with Crippen LogP contribution in [0.3, 0.4) is 0 Å². The number of fused-ring (bicyclic) bond motifs is 3. The van der Waals surface area contributed by atoms with Gasteiger partial charge in [0.05, 0.1) is 11.1 Å². The van der Waals surface area contributed by atoms with Crippen molar-refractivity contribution < 1.29 is 9.59 Å². The van der Waals surface area contributed by atoms with Gasteiger partial charge in [-0.1, -0.05) is 49.7 Å². The molecule has 1 aromatic heterocycles. The third kappa shape index (κ3) is 2.39. The number of carbonyl (C=O) groups is 2. The van der Waals surface area contributed by atoms with Gasteiger partial charge >= 0.3 is 0 Å². The van der Waals surface area contributed by atoms with E-state index in [-0.39, 0.29) is 11.6 Å². The lowest BCUT2D eigenvalue weighted by Crippen LogP contribution is -2.24. The highest BCUT2D eigenvalue weighted by Crippen LogP contribution is 2.34. The maximum absolute atomic E-state index is 13.2. The molecule has 0 fully saturated rings. The summed E-state index contributed by atoms with van der Waals surface area (Å²) in [6.45, 7) is 6.27. The molecule has 25 heavy (non-hydrogen) atoms. The van der Waals surface area contributed by atoms with E-state index in [0.29, 0.717) is 28.3 Å². The second kappa shape index (κ2) is 5.62. The number of hydrogen-bond donors (Lipinski definition) is 0. The van der Waals surface area contributed by atoms with Crippen LogP contribution in [0.15, 0.2) is 42.5 Å². The lowest BCUT2D eigenvalue weighted by molar-refractivity contribution is 0.0975. The first-order valence-electron chi connectivity index (χ1n) is 8.59. The van der Waals surface area contributed by atoms with E-state index in [4.69, 9.17) is 0 Å². The third-order valence-corrected chi connectivity index (χ3v) is 4.72. The number of benzene rings is 2. The fourth-order valence-corrected chi connectivity index (χ4v) is 3.61. The minimum atomic E-state index is -0.155. The van der Waals surface area contributed by atoms with Gasteiger partial charge in [0.2, 0.25) is 5.78 Å². The largest absolute Gasteiger partial charge is 0.288 e. The van der Waals surface area contributed by atoms with Crippen LogP contribution in [0.25, 0.3) is 10.9 Å². The molecule has 0 spiro atoms. The maximum atomic E-state index is 13.2. The molecule has 2 aromatic carbocycles. The summed E-state index contributed by atoms with van der Waals surface area (Å²) in [5, 5.41) is 0.980. The van der Waals surface area contributed by atoms with Gasteiger partial charge in [0.15, 0.2) is 5.78 Å². The lowest BCUT2D eigenvalue weighted by Gasteiger charge is -2.22. The predicted octanol–water partition coefficient (Wildman–Crippen LogP) is 4.52. The average molecular weight is 329 g/mol. The first-order valence-corrected chi connectivity index (χ1v) is 8.59. The zero-order chi connectivity index (χ0) is 17.7. The van der Waals surface area contributed by atoms with Gasteiger partial charge in [-0.15, -0.1) is 0 Å². The number of rotatable bonds is 2. The molecule has 0 saturated heterocycles. The number of ketones is 2. The van der Waals surface area contributed by atoms with E-state index in [1.807, 2.05) is 19.1 Å². The third-order valence-electron chi connectivity index (χ3n) is 4.72. The second-order valence-electron chi connectivity index (χ2n) is 7.14. The van der Waals surface area contributed by atoms with Crippen molar-refractivity contribution in [3.63, 3.8) is 0 Å². The summed E-state index contributed by atoms with van der Waals surface area (Å²) in [5.41, 5.74) is 4.58. The Bertz CT molecular complexity index is 1050. The van der Waals surface area contributed by atoms with Gasteiger partial charge in [-0.3, -0.25) is 9.59 Å². The van der Waals surface area contributed by atoms with Crippen LogP contribution in [-0.4, -0.2) is 16.6 Å². The highest BCUT2D eigenvalue weighted by Gasteiger charge is 2.33. The molecule has 0 atom stereocenters. The van der Waals surface area contributed by atoms with Gasteiger partial charge in [0.25, 0.3) is 0 Å². The molecule has 0 aliphatic heterocycles. The molecule has 4 rings (SSSR count). The van der Waals surface area contributed by atoms with Gasteiger partial charge in [0, 0.05) is 16.5 Å². The number of aromatic nitrogens is 1. The molecule has 124 valence electrons. The number of carbonyl (C=O) groups excluding carboxylic acids is 2. The number of aryl methyl sites for hydroxylation is 1. The van der Waals surface area contributed by atoms with Crippen LogP contribution in [0.2, 0.25) is 0 Å². The fourth-order valence-electron chi connectivity index (χ4n) is 3.61. The van der Waals surface area contributed by atoms with Crippen molar-refractivity contribution in [1.29, 1.82) is 0 Å². The molecule has 1 aliphatic rings. The predicted molar refractivity (Wildman–Crippen MR) is 98.3 cm³/mol. The molecular formula is C22H19NO2. The van der Waals surface area contributed by atoms with Crippen LogP contribution >= 0.6 is 0 Å².